The fourth-order valence-electron chi connectivity index (χ4n) is 12.4. The number of carbonyl (C=O) groups is 15. The highest BCUT2D eigenvalue weighted by Crippen LogP contribution is 2.23. The highest BCUT2D eigenvalue weighted by Gasteiger charge is 2.48. The predicted molar refractivity (Wildman–Crippen MR) is 436 cm³/mol. The van der Waals surface area contributed by atoms with Gasteiger partial charge in [0.15, 0.2) is 17.2 Å². The van der Waals surface area contributed by atoms with Crippen molar-refractivity contribution in [2.75, 3.05) is 39.4 Å². The molecule has 3 aromatic rings. The smallest absolute Gasteiger partial charge is 0.333 e. The number of rotatable bonds is 55. The summed E-state index contributed by atoms with van der Waals surface area (Å²) < 4.78 is 32.0. The number of para-hydroxylation sites is 1. The van der Waals surface area contributed by atoms with E-state index < -0.39 is 209 Å². The second-order valence-electron chi connectivity index (χ2n) is 29.7. The van der Waals surface area contributed by atoms with Crippen LogP contribution in [0.15, 0.2) is 70.8 Å². The van der Waals surface area contributed by atoms with Crippen LogP contribution in [0.5, 0.6) is 0 Å². The monoisotopic (exact) mass is 1710 g/mol. The normalized spacial score (nSPS) is 15.5. The molecule has 0 aliphatic carbocycles. The van der Waals surface area contributed by atoms with Gasteiger partial charge in [0.25, 0.3) is 21.9 Å². The minimum absolute atomic E-state index is 0.00471. The molecular weight excluding hydrogens is 1590 g/mol. The topological polar surface area (TPSA) is 730 Å². The Bertz CT molecular complexity index is 4160. The molecule has 1 aliphatic heterocycles. The zero-order chi connectivity index (χ0) is 89.5. The summed E-state index contributed by atoms with van der Waals surface area (Å²) >= 11 is 0. The average Bonchev–Trinajstić information content (AvgIpc) is 1.65. The summed E-state index contributed by atoms with van der Waals surface area (Å²) in [6.07, 6.45) is 0.0625. The first-order valence-corrected chi connectivity index (χ1v) is 41.0. The molecule has 0 saturated carbocycles. The molecule has 14 amide bonds. The van der Waals surface area contributed by atoms with Crippen molar-refractivity contribution in [3.8, 4) is 0 Å². The van der Waals surface area contributed by atoms with Gasteiger partial charge in [0.05, 0.1) is 26.2 Å². The molecule has 0 bridgehead atoms. The summed E-state index contributed by atoms with van der Waals surface area (Å²) in [5.74, 6) is -16.5. The van der Waals surface area contributed by atoms with Gasteiger partial charge in [-0.15, -0.1) is 5.06 Å². The van der Waals surface area contributed by atoms with Crippen molar-refractivity contribution in [2.24, 2.45) is 67.9 Å². The second kappa shape index (κ2) is 51.1. The number of benzene rings is 2. The van der Waals surface area contributed by atoms with E-state index in [-0.39, 0.29) is 126 Å². The fourth-order valence-corrected chi connectivity index (χ4v) is 13.1. The molecule has 1 unspecified atom stereocenters. The number of amides is 14. The standard InChI is InChI=1S/C75H119N23O21S/c1-7-42(6)61(71(114)94-53(38-99)62(76)105)97-66(109)49(26-19-31-85-75(81)82)89-64(107)47(24-17-29-83-73(77)78)90-68(111)51(33-43-20-11-10-12-21-43)93-67(110)50(32-40(2)3)92-65(108)48(25-18-30-84-74(79)80)91-69(112)52(34-44-36-86-46-23-16-15-22-45(44)46)88-57(102)37-87-63(106)54(39-100)95-70(113)60(41(4)5)96-56(101)27-13-8-9-14-28-59(104)119-98-58(103)35-55(72(98)115)120(116,117)118/h10-12,15-16,20-23,36,40-42,47-55,60-61,74,84,86,99-100H,7-9,13-14,17-19,24-35,37-39,79-80H2,1-6H3,(H2,76,105)(H,87,106)(H,88,102)(H,89,107)(H,90,111)(H,91,112)(H,92,108)(H,93,110)(H,94,114)(H,95,113)(H,96,101)(H,97,109)(H4,77,78,83)(H4,81,82,85)(H,116,117,118)/t42-,47-,48+,49+,50-,51+,52-,53+,54-,55?,60+,61+/m1/s1. The largest absolute Gasteiger partial charge is 0.394 e. The highest BCUT2D eigenvalue weighted by molar-refractivity contribution is 7.87. The molecule has 1 aromatic heterocycles. The van der Waals surface area contributed by atoms with Crippen LogP contribution in [0.1, 0.15) is 149 Å². The molecule has 44 nitrogen and oxygen atoms in total. The van der Waals surface area contributed by atoms with E-state index in [1.54, 1.807) is 102 Å². The number of carbonyl (C=O) groups excluding carboxylic acids is 15. The molecular formula is C75H119N23O21S. The number of aliphatic hydroxyl groups is 2. The lowest BCUT2D eigenvalue weighted by molar-refractivity contribution is -0.197. The number of nitrogens with two attached hydrogens (primary N) is 7. The molecule has 666 valence electrons. The van der Waals surface area contributed by atoms with E-state index in [2.05, 4.69) is 78.8 Å². The molecule has 2 heterocycles. The van der Waals surface area contributed by atoms with Crippen LogP contribution in [0.2, 0.25) is 0 Å². The maximum Gasteiger partial charge on any atom is 0.333 e. The number of aromatic nitrogens is 1. The number of primary amides is 1. The number of fused-ring (bicyclic) bond motifs is 1. The maximum atomic E-state index is 15.0. The molecule has 30 N–H and O–H groups in total. The van der Waals surface area contributed by atoms with Crippen molar-refractivity contribution < 1.29 is 99.9 Å². The van der Waals surface area contributed by atoms with E-state index in [4.69, 9.17) is 45.0 Å². The fraction of sp³-hybridized carbons (Fsp3) is 0.587. The van der Waals surface area contributed by atoms with Gasteiger partial charge in [-0.1, -0.05) is 109 Å². The van der Waals surface area contributed by atoms with Crippen LogP contribution in [0, 0.1) is 17.8 Å². The van der Waals surface area contributed by atoms with E-state index >= 15 is 9.59 Å². The van der Waals surface area contributed by atoms with Crippen molar-refractivity contribution >= 4 is 122 Å². The summed E-state index contributed by atoms with van der Waals surface area (Å²) in [7, 11) is -4.92. The van der Waals surface area contributed by atoms with Gasteiger partial charge in [0.1, 0.15) is 66.7 Å². The van der Waals surface area contributed by atoms with Crippen LogP contribution in [-0.2, 0) is 99.7 Å². The van der Waals surface area contributed by atoms with E-state index in [1.807, 2.05) is 0 Å². The van der Waals surface area contributed by atoms with Crippen LogP contribution in [0.4, 0.5) is 0 Å². The number of unbranched alkanes of at least 4 members (excludes halogenated alkanes) is 3. The Morgan fingerprint density at radius 2 is 1.04 bits per heavy atom. The molecule has 45 heteroatoms. The Balaban J connectivity index is 1.58. The third-order valence-electron chi connectivity index (χ3n) is 19.1. The highest BCUT2D eigenvalue weighted by atomic mass is 32.2. The average molecular weight is 1710 g/mol. The summed E-state index contributed by atoms with van der Waals surface area (Å²) in [6.45, 7) is 7.42. The number of imide groups is 1. The third-order valence-corrected chi connectivity index (χ3v) is 20.2. The first-order chi connectivity index (χ1) is 56.7. The summed E-state index contributed by atoms with van der Waals surface area (Å²) in [5.41, 5.74) is 41.0. The number of nitrogens with zero attached hydrogens (tertiary/aromatic N) is 3. The Morgan fingerprint density at radius 3 is 1.57 bits per heavy atom. The third kappa shape index (κ3) is 35.2. The number of hydrogen-bond acceptors (Lipinski definition) is 25. The Morgan fingerprint density at radius 1 is 0.550 bits per heavy atom. The molecule has 2 aromatic carbocycles. The summed E-state index contributed by atoms with van der Waals surface area (Å²) in [4.78, 5) is 222. The number of hydrogen-bond donors (Lipinski definition) is 23. The first-order valence-electron chi connectivity index (χ1n) is 39.5. The lowest BCUT2D eigenvalue weighted by Crippen LogP contribution is -2.61. The van der Waals surface area contributed by atoms with Crippen molar-refractivity contribution in [3.05, 3.63) is 71.9 Å². The minimum Gasteiger partial charge on any atom is -0.394 e. The lowest BCUT2D eigenvalue weighted by atomic mass is 9.97. The zero-order valence-corrected chi connectivity index (χ0v) is 69.0. The van der Waals surface area contributed by atoms with Gasteiger partial charge in [-0.3, -0.25) is 87.0 Å². The zero-order valence-electron chi connectivity index (χ0n) is 68.2. The van der Waals surface area contributed by atoms with Crippen molar-refractivity contribution in [1.29, 1.82) is 0 Å². The summed E-state index contributed by atoms with van der Waals surface area (Å²) in [6, 6.07) is 0.699. The molecule has 1 saturated heterocycles. The second-order valence-corrected chi connectivity index (χ2v) is 31.3. The van der Waals surface area contributed by atoms with Crippen molar-refractivity contribution in [3.63, 3.8) is 0 Å². The van der Waals surface area contributed by atoms with E-state index in [9.17, 15) is 85.5 Å². The van der Waals surface area contributed by atoms with Gasteiger partial charge in [-0.2, -0.15) is 8.42 Å². The Hall–Kier alpha value is -11.5. The van der Waals surface area contributed by atoms with Crippen LogP contribution >= 0.6 is 0 Å². The predicted octanol–water partition coefficient (Wildman–Crippen LogP) is -6.37. The van der Waals surface area contributed by atoms with Crippen LogP contribution < -0.4 is 104 Å². The minimum atomic E-state index is -4.92. The van der Waals surface area contributed by atoms with Crippen LogP contribution in [0.3, 0.4) is 0 Å². The van der Waals surface area contributed by atoms with E-state index in [0.29, 0.717) is 41.3 Å². The van der Waals surface area contributed by atoms with Gasteiger partial charge in [-0.25, -0.2) is 4.79 Å². The molecule has 12 atom stereocenters. The number of nitrogens with one attached hydrogen (secondary N) is 13. The van der Waals surface area contributed by atoms with Crippen molar-refractivity contribution in [2.45, 2.75) is 223 Å². The quantitative estimate of drug-likeness (QED) is 0.00624. The number of guanidine groups is 2. The molecule has 0 spiro atoms. The molecule has 1 fully saturated rings. The van der Waals surface area contributed by atoms with Gasteiger partial charge < -0.3 is 119 Å². The Kier molecular flexibility index (Phi) is 42.9. The summed E-state index contributed by atoms with van der Waals surface area (Å²) in [5, 5.41) is 50.0. The maximum absolute atomic E-state index is 15.0. The SMILES string of the molecule is CC[C@@H](C)[C@H](NC(=O)[C@H](CCCN=C(N)N)NC(=O)[C@@H](CCCN=C(N)N)NC(=O)[C@H](Cc1ccccc1)NC(=O)[C@@H](CC(C)C)NC(=O)[C@H](CCCNC(N)N)NC(=O)[C@@H](Cc1c[nH]c2ccccc12)NC(=O)CNC(=O)[C@@H](CO)NC(=O)[C@@H](NC(=O)CCCCCCC(=O)ON1C(=O)CC(S(=O)(=O)O)C1=O)C(C)C)C(=O)N[C@@H](CO)C(N)=O. The Labute approximate surface area is 694 Å². The lowest BCUT2D eigenvalue weighted by Gasteiger charge is -2.29. The number of H-pyrrole nitrogens is 1. The van der Waals surface area contributed by atoms with E-state index in [0.717, 1.165) is 0 Å². The van der Waals surface area contributed by atoms with Crippen LogP contribution in [-0.4, -0.2) is 245 Å². The number of aromatic amines is 1. The molecule has 1 aliphatic rings. The van der Waals surface area contributed by atoms with Gasteiger partial charge in [0.2, 0.25) is 70.9 Å². The van der Waals surface area contributed by atoms with Gasteiger partial charge >= 0.3 is 5.97 Å². The molecule has 0 radical (unpaired) electrons. The van der Waals surface area contributed by atoms with Gasteiger partial charge in [-0.05, 0) is 99.3 Å². The van der Waals surface area contributed by atoms with Crippen molar-refractivity contribution in [1.82, 2.24) is 73.8 Å². The number of aliphatic imine (C=N–C) groups is 2. The first kappa shape index (κ1) is 101. The van der Waals surface area contributed by atoms with E-state index in [1.165, 1.54) is 0 Å². The molecule has 120 heavy (non-hydrogen) atoms. The number of hydroxylamine groups is 2. The van der Waals surface area contributed by atoms with Gasteiger partial charge in [0, 0.05) is 55.9 Å². The molecule has 4 rings (SSSR count). The number of aliphatic hydroxyl groups excluding tert-OH is 2. The van der Waals surface area contributed by atoms with Crippen LogP contribution in [0.25, 0.3) is 10.9 Å².